The maximum Gasteiger partial charge on any atom is 0.263 e. The normalized spacial score (nSPS) is 12.9. The van der Waals surface area contributed by atoms with E-state index in [1.807, 2.05) is 29.6 Å². The quantitative estimate of drug-likeness (QED) is 0.164. The van der Waals surface area contributed by atoms with Crippen molar-refractivity contribution in [3.8, 4) is 27.9 Å². The second kappa shape index (κ2) is 15.2. The minimum atomic E-state index is 0.0821. The highest BCUT2D eigenvalue weighted by atomic mass is 32.1. The predicted octanol–water partition coefficient (Wildman–Crippen LogP) is 14.2. The number of fused-ring (bicyclic) bond motifs is 9. The summed E-state index contributed by atoms with van der Waals surface area (Å²) in [5, 5.41) is 9.06. The first kappa shape index (κ1) is 38.0. The molecule has 0 atom stereocenters. The van der Waals surface area contributed by atoms with Gasteiger partial charge in [0, 0.05) is 58.4 Å². The molecule has 0 saturated heterocycles. The van der Waals surface area contributed by atoms with E-state index in [9.17, 15) is 4.79 Å². The molecule has 4 heterocycles. The Bertz CT molecular complexity index is 3790. The first-order valence-corrected chi connectivity index (χ1v) is 22.8. The standard InChI is InChI=1S/C56H40N2OS.C2H6/c1-3-13-41(39-24-27-44-46-22-12-21-45-42-18-7-8-20-47(42)56(59)58(55(45)46)52(44)32-39)54-34(2)60-53-29-26-40(33-49(53)54)57-50-23-10-9-19-43(50)48-31-38(25-28-51(48)57)37-17-11-16-36(30-37)35-14-5-4-6-15-35;1-2/h4-6,9-33H,3,7-8H2,1-2H3;1-2H3/b41-13-;. The summed E-state index contributed by atoms with van der Waals surface area (Å²) in [4.78, 5) is 15.6. The van der Waals surface area contributed by atoms with Gasteiger partial charge in [0.25, 0.3) is 5.56 Å². The van der Waals surface area contributed by atoms with Crippen LogP contribution >= 0.6 is 11.3 Å². The SMILES string of the molecule is CC.CC/C=C(/c1ccc2c3cccc4c5c(c(=O)n(c2c1)c43)=CCCC=5)c1c(C)sc2ccc(-n3c4ccccc4c4cc(-c5cccc(-c6ccccc6)c5)ccc43)cc12. The van der Waals surface area contributed by atoms with Crippen LogP contribution in [0.2, 0.25) is 0 Å². The molecule has 4 heteroatoms. The second-order valence-corrected chi connectivity index (χ2v) is 17.4. The third kappa shape index (κ3) is 5.81. The largest absolute Gasteiger partial charge is 0.309 e. The molecule has 11 aromatic rings. The van der Waals surface area contributed by atoms with Gasteiger partial charge >= 0.3 is 0 Å². The highest BCUT2D eigenvalue weighted by molar-refractivity contribution is 7.19. The van der Waals surface area contributed by atoms with Gasteiger partial charge in [0.2, 0.25) is 0 Å². The maximum absolute atomic E-state index is 14.3. The van der Waals surface area contributed by atoms with E-state index in [0.29, 0.717) is 0 Å². The van der Waals surface area contributed by atoms with Gasteiger partial charge in [0.15, 0.2) is 0 Å². The number of pyridine rings is 1. The molecule has 12 rings (SSSR count). The first-order valence-electron chi connectivity index (χ1n) is 22.0. The number of nitrogens with zero attached hydrogens (tertiary/aromatic N) is 2. The number of rotatable bonds is 6. The maximum atomic E-state index is 14.3. The van der Waals surface area contributed by atoms with E-state index in [1.165, 1.54) is 70.2 Å². The van der Waals surface area contributed by atoms with Crippen LogP contribution in [0.15, 0.2) is 163 Å². The van der Waals surface area contributed by atoms with E-state index in [-0.39, 0.29) is 5.56 Å². The highest BCUT2D eigenvalue weighted by Gasteiger charge is 2.21. The fourth-order valence-corrected chi connectivity index (χ4v) is 11.2. The first-order chi connectivity index (χ1) is 30.6. The van der Waals surface area contributed by atoms with Crippen molar-refractivity contribution in [2.75, 3.05) is 0 Å². The molecule has 0 bridgehead atoms. The van der Waals surface area contributed by atoms with Crippen molar-refractivity contribution >= 4 is 88.1 Å². The summed E-state index contributed by atoms with van der Waals surface area (Å²) in [5.41, 5.74) is 14.1. The third-order valence-corrected chi connectivity index (χ3v) is 13.8. The van der Waals surface area contributed by atoms with Crippen molar-refractivity contribution < 1.29 is 0 Å². The minimum Gasteiger partial charge on any atom is -0.309 e. The van der Waals surface area contributed by atoms with Crippen LogP contribution in [-0.2, 0) is 0 Å². The monoisotopic (exact) mass is 818 g/mol. The van der Waals surface area contributed by atoms with Gasteiger partial charge in [0.1, 0.15) is 0 Å². The van der Waals surface area contributed by atoms with Crippen LogP contribution in [0.4, 0.5) is 0 Å². The van der Waals surface area contributed by atoms with E-state index < -0.39 is 0 Å². The van der Waals surface area contributed by atoms with Crippen molar-refractivity contribution in [3.05, 3.63) is 195 Å². The molecule has 62 heavy (non-hydrogen) atoms. The number of benzene rings is 7. The van der Waals surface area contributed by atoms with E-state index >= 15 is 0 Å². The lowest BCUT2D eigenvalue weighted by molar-refractivity contribution is 1.08. The molecule has 0 fully saturated rings. The molecule has 0 spiro atoms. The van der Waals surface area contributed by atoms with Crippen LogP contribution in [0.25, 0.3) is 105 Å². The number of aryl methyl sites for hydroxylation is 1. The minimum absolute atomic E-state index is 0.0821. The van der Waals surface area contributed by atoms with Gasteiger partial charge in [-0.3, -0.25) is 9.20 Å². The molecule has 300 valence electrons. The van der Waals surface area contributed by atoms with Gasteiger partial charge < -0.3 is 4.57 Å². The Morgan fingerprint density at radius 1 is 0.581 bits per heavy atom. The molecule has 3 nitrogen and oxygen atoms in total. The summed E-state index contributed by atoms with van der Waals surface area (Å²) in [6.45, 7) is 8.47. The van der Waals surface area contributed by atoms with Crippen molar-refractivity contribution in [2.24, 2.45) is 0 Å². The van der Waals surface area contributed by atoms with Gasteiger partial charge in [-0.05, 0) is 113 Å². The highest BCUT2D eigenvalue weighted by Crippen LogP contribution is 2.43. The number of thiophene rings is 1. The van der Waals surface area contributed by atoms with Crippen molar-refractivity contribution in [3.63, 3.8) is 0 Å². The fourth-order valence-electron chi connectivity index (χ4n) is 10.1. The summed E-state index contributed by atoms with van der Waals surface area (Å²) >= 11 is 1.86. The molecule has 1 aliphatic rings. The predicted molar refractivity (Wildman–Crippen MR) is 268 cm³/mol. The molecule has 0 saturated carbocycles. The summed E-state index contributed by atoms with van der Waals surface area (Å²) < 4.78 is 5.69. The summed E-state index contributed by atoms with van der Waals surface area (Å²) in [6, 6.07) is 55.4. The zero-order valence-corrected chi connectivity index (χ0v) is 36.3. The molecular formula is C58H46N2OS. The van der Waals surface area contributed by atoms with Crippen LogP contribution in [0.5, 0.6) is 0 Å². The number of aromatic nitrogens is 2. The lowest BCUT2D eigenvalue weighted by Crippen LogP contribution is -2.44. The Labute approximate surface area is 364 Å². The van der Waals surface area contributed by atoms with E-state index in [1.54, 1.807) is 0 Å². The Balaban J connectivity index is 0.00000213. The number of para-hydroxylation sites is 2. The lowest BCUT2D eigenvalue weighted by Gasteiger charge is -2.13. The molecule has 7 aromatic carbocycles. The Kier molecular flexibility index (Phi) is 9.28. The van der Waals surface area contributed by atoms with Gasteiger partial charge in [-0.1, -0.05) is 142 Å². The van der Waals surface area contributed by atoms with Crippen molar-refractivity contribution in [1.82, 2.24) is 8.97 Å². The van der Waals surface area contributed by atoms with Crippen LogP contribution in [0.3, 0.4) is 0 Å². The lowest BCUT2D eigenvalue weighted by atomic mass is 9.93. The average Bonchev–Trinajstić information content (AvgIpc) is 3.97. The topological polar surface area (TPSA) is 26.4 Å². The average molecular weight is 819 g/mol. The van der Waals surface area contributed by atoms with Gasteiger partial charge in [0.05, 0.1) is 22.1 Å². The van der Waals surface area contributed by atoms with Crippen LogP contribution < -0.4 is 16.0 Å². The second-order valence-electron chi connectivity index (χ2n) is 16.2. The number of hydrogen-bond acceptors (Lipinski definition) is 2. The zero-order chi connectivity index (χ0) is 42.1. The molecular weight excluding hydrogens is 773 g/mol. The molecule has 4 aromatic heterocycles. The zero-order valence-electron chi connectivity index (χ0n) is 35.5. The van der Waals surface area contributed by atoms with Crippen LogP contribution in [0.1, 0.15) is 56.0 Å². The van der Waals surface area contributed by atoms with Crippen LogP contribution in [0, 0.1) is 6.92 Å². The summed E-state index contributed by atoms with van der Waals surface area (Å²) in [6.07, 6.45) is 9.51. The Hall–Kier alpha value is -7.01. The molecule has 0 aliphatic heterocycles. The smallest absolute Gasteiger partial charge is 0.263 e. The van der Waals surface area contributed by atoms with Gasteiger partial charge in [-0.2, -0.15) is 0 Å². The molecule has 0 N–H and O–H groups in total. The summed E-state index contributed by atoms with van der Waals surface area (Å²) in [5.74, 6) is 0. The van der Waals surface area contributed by atoms with Crippen molar-refractivity contribution in [2.45, 2.75) is 47.0 Å². The van der Waals surface area contributed by atoms with Gasteiger partial charge in [-0.25, -0.2) is 0 Å². The molecule has 0 radical (unpaired) electrons. The summed E-state index contributed by atoms with van der Waals surface area (Å²) in [7, 11) is 0. The molecule has 0 amide bonds. The fraction of sp³-hybridized carbons (Fsp3) is 0.121. The van der Waals surface area contributed by atoms with E-state index in [0.717, 1.165) is 68.1 Å². The van der Waals surface area contributed by atoms with Crippen LogP contribution in [-0.4, -0.2) is 8.97 Å². The molecule has 0 unspecified atom stereocenters. The van der Waals surface area contributed by atoms with E-state index in [2.05, 4.69) is 188 Å². The number of allylic oxidation sites excluding steroid dienone is 1. The number of hydrogen-bond donors (Lipinski definition) is 0. The van der Waals surface area contributed by atoms with Crippen molar-refractivity contribution in [1.29, 1.82) is 0 Å². The Morgan fingerprint density at radius 3 is 2.10 bits per heavy atom. The Morgan fingerprint density at radius 2 is 1.26 bits per heavy atom. The van der Waals surface area contributed by atoms with Gasteiger partial charge in [-0.15, -0.1) is 11.3 Å². The van der Waals surface area contributed by atoms with E-state index in [4.69, 9.17) is 0 Å². The third-order valence-electron chi connectivity index (χ3n) is 12.7. The molecule has 1 aliphatic carbocycles.